The molecule has 1 aromatic carbocycles. The predicted molar refractivity (Wildman–Crippen MR) is 128 cm³/mol. The van der Waals surface area contributed by atoms with Crippen LogP contribution in [0.25, 0.3) is 11.1 Å². The van der Waals surface area contributed by atoms with E-state index in [2.05, 4.69) is 20.4 Å². The molecule has 1 aliphatic heterocycles. The van der Waals surface area contributed by atoms with Crippen molar-refractivity contribution in [3.63, 3.8) is 0 Å². The van der Waals surface area contributed by atoms with E-state index in [0.717, 1.165) is 37.9 Å². The second-order valence-electron chi connectivity index (χ2n) is 9.48. The molecule has 1 aliphatic rings. The minimum Gasteiger partial charge on any atom is -0.477 e. The van der Waals surface area contributed by atoms with Crippen molar-refractivity contribution in [2.45, 2.75) is 44.8 Å². The number of carbonyl (C=O) groups excluding carboxylic acids is 1. The van der Waals surface area contributed by atoms with Crippen LogP contribution in [0.3, 0.4) is 0 Å². The lowest BCUT2D eigenvalue weighted by molar-refractivity contribution is -0.185. The van der Waals surface area contributed by atoms with Crippen LogP contribution in [0.5, 0.6) is 5.88 Å². The van der Waals surface area contributed by atoms with E-state index in [0.29, 0.717) is 30.0 Å². The van der Waals surface area contributed by atoms with E-state index in [-0.39, 0.29) is 17.8 Å². The molecule has 3 aromatic heterocycles. The lowest BCUT2D eigenvalue weighted by atomic mass is 9.89. The fourth-order valence-electron chi connectivity index (χ4n) is 3.99. The predicted octanol–water partition coefficient (Wildman–Crippen LogP) is 5.08. The maximum absolute atomic E-state index is 14.8. The highest BCUT2D eigenvalue weighted by Gasteiger charge is 2.51. The Kier molecular flexibility index (Phi) is 6.41. The molecular formula is C26H23F4N5O3. The molecule has 1 N–H and O–H groups in total. The Balaban J connectivity index is 1.22. The fourth-order valence-corrected chi connectivity index (χ4v) is 3.99. The fraction of sp³-hybridized carbons (Fsp3) is 0.308. The first-order chi connectivity index (χ1) is 18.0. The topological polar surface area (TPSA) is 95.1 Å². The average Bonchev–Trinajstić information content (AvgIpc) is 3.59. The molecule has 1 amide bonds. The molecule has 0 unspecified atom stereocenters. The SMILES string of the molecule is CC(C)(c1cc(NC(=O)Cc2ccc(-c3cnc(Cc4ccn5c4OCC5)nc3)cc2F)no1)C(F)(F)F. The molecular weight excluding hydrogens is 506 g/mol. The Labute approximate surface area is 214 Å². The van der Waals surface area contributed by atoms with Gasteiger partial charge in [0.15, 0.2) is 17.5 Å². The smallest absolute Gasteiger partial charge is 0.401 e. The highest BCUT2D eigenvalue weighted by atomic mass is 19.4. The van der Waals surface area contributed by atoms with Crippen LogP contribution < -0.4 is 10.1 Å². The number of hydrogen-bond donors (Lipinski definition) is 1. The second kappa shape index (κ2) is 9.58. The number of rotatable bonds is 7. The Morgan fingerprint density at radius 3 is 2.55 bits per heavy atom. The van der Waals surface area contributed by atoms with Gasteiger partial charge in [-0.2, -0.15) is 13.2 Å². The van der Waals surface area contributed by atoms with Crippen LogP contribution >= 0.6 is 0 Å². The van der Waals surface area contributed by atoms with Gasteiger partial charge in [0.05, 0.1) is 13.0 Å². The van der Waals surface area contributed by atoms with Crippen LogP contribution in [0.2, 0.25) is 0 Å². The standard InChI is InChI=1S/C26H23F4N5O3/c1-25(2,26(28,29)30)20-12-22(34-38-20)33-23(36)11-16-4-3-15(9-19(16)27)18-13-31-21(32-14-18)10-17-5-6-35-7-8-37-24(17)35/h3-6,9,12-14H,7-8,10-11H2,1-2H3,(H,33,34,36). The van der Waals surface area contributed by atoms with Crippen LogP contribution in [-0.4, -0.2) is 38.4 Å². The van der Waals surface area contributed by atoms with Crippen LogP contribution in [-0.2, 0) is 29.6 Å². The Hall–Kier alpha value is -4.22. The van der Waals surface area contributed by atoms with Crippen molar-refractivity contribution in [2.24, 2.45) is 0 Å². The van der Waals surface area contributed by atoms with E-state index in [4.69, 9.17) is 9.26 Å². The van der Waals surface area contributed by atoms with E-state index in [9.17, 15) is 22.4 Å². The van der Waals surface area contributed by atoms with Crippen LogP contribution in [0.4, 0.5) is 23.4 Å². The summed E-state index contributed by atoms with van der Waals surface area (Å²) >= 11 is 0. The van der Waals surface area contributed by atoms with Crippen molar-refractivity contribution < 1.29 is 31.6 Å². The van der Waals surface area contributed by atoms with Gasteiger partial charge in [0, 0.05) is 42.2 Å². The molecule has 8 nitrogen and oxygen atoms in total. The van der Waals surface area contributed by atoms with Crippen molar-refractivity contribution in [3.8, 4) is 17.0 Å². The van der Waals surface area contributed by atoms with Crippen molar-refractivity contribution >= 4 is 11.7 Å². The van der Waals surface area contributed by atoms with E-state index in [1.165, 1.54) is 12.1 Å². The number of ether oxygens (including phenoxy) is 1. The molecule has 0 spiro atoms. The molecule has 0 radical (unpaired) electrons. The number of benzene rings is 1. The third kappa shape index (κ3) is 4.98. The quantitative estimate of drug-likeness (QED) is 0.336. The summed E-state index contributed by atoms with van der Waals surface area (Å²) in [4.78, 5) is 21.1. The number of anilines is 1. The van der Waals surface area contributed by atoms with Crippen LogP contribution in [0, 0.1) is 5.82 Å². The van der Waals surface area contributed by atoms with Crippen molar-refractivity contribution in [3.05, 3.63) is 77.5 Å². The highest BCUT2D eigenvalue weighted by Crippen LogP contribution is 2.41. The first-order valence-corrected chi connectivity index (χ1v) is 11.8. The Bertz CT molecular complexity index is 1480. The number of fused-ring (bicyclic) bond motifs is 1. The molecule has 0 atom stereocenters. The number of aromatic nitrogens is 4. The summed E-state index contributed by atoms with van der Waals surface area (Å²) in [6.45, 7) is 3.35. The number of carbonyl (C=O) groups is 1. The van der Waals surface area contributed by atoms with Gasteiger partial charge in [0.2, 0.25) is 5.91 Å². The molecule has 0 aliphatic carbocycles. The largest absolute Gasteiger partial charge is 0.477 e. The number of amides is 1. The van der Waals surface area contributed by atoms with E-state index in [1.54, 1.807) is 18.5 Å². The highest BCUT2D eigenvalue weighted by molar-refractivity contribution is 5.91. The van der Waals surface area contributed by atoms with Crippen molar-refractivity contribution in [1.82, 2.24) is 19.7 Å². The van der Waals surface area contributed by atoms with Gasteiger partial charge in [-0.1, -0.05) is 17.3 Å². The molecule has 0 fully saturated rings. The summed E-state index contributed by atoms with van der Waals surface area (Å²) in [6, 6.07) is 7.35. The van der Waals surface area contributed by atoms with E-state index < -0.39 is 29.1 Å². The first kappa shape index (κ1) is 25.4. The molecule has 5 rings (SSSR count). The summed E-state index contributed by atoms with van der Waals surface area (Å²) in [7, 11) is 0. The number of alkyl halides is 3. The van der Waals surface area contributed by atoms with Gasteiger partial charge >= 0.3 is 6.18 Å². The van der Waals surface area contributed by atoms with Gasteiger partial charge in [0.25, 0.3) is 0 Å². The number of nitrogens with zero attached hydrogens (tertiary/aromatic N) is 4. The van der Waals surface area contributed by atoms with Gasteiger partial charge in [-0.15, -0.1) is 0 Å². The monoisotopic (exact) mass is 529 g/mol. The molecule has 4 heterocycles. The second-order valence-corrected chi connectivity index (χ2v) is 9.48. The zero-order valence-corrected chi connectivity index (χ0v) is 20.5. The zero-order valence-electron chi connectivity index (χ0n) is 20.5. The third-order valence-electron chi connectivity index (χ3n) is 6.46. The minimum absolute atomic E-state index is 0.102. The lowest BCUT2D eigenvalue weighted by Gasteiger charge is -2.24. The summed E-state index contributed by atoms with van der Waals surface area (Å²) in [5, 5.41) is 5.82. The van der Waals surface area contributed by atoms with Crippen LogP contribution in [0.15, 0.2) is 53.4 Å². The maximum atomic E-state index is 14.8. The van der Waals surface area contributed by atoms with Gasteiger partial charge in [-0.3, -0.25) is 4.79 Å². The maximum Gasteiger partial charge on any atom is 0.401 e. The first-order valence-electron chi connectivity index (χ1n) is 11.8. The van der Waals surface area contributed by atoms with Crippen LogP contribution in [0.1, 0.15) is 36.6 Å². The van der Waals surface area contributed by atoms with Crippen molar-refractivity contribution in [2.75, 3.05) is 11.9 Å². The molecule has 38 heavy (non-hydrogen) atoms. The Morgan fingerprint density at radius 2 is 1.84 bits per heavy atom. The van der Waals surface area contributed by atoms with Gasteiger partial charge in [-0.25, -0.2) is 14.4 Å². The van der Waals surface area contributed by atoms with Gasteiger partial charge in [-0.05, 0) is 37.1 Å². The number of hydrogen-bond acceptors (Lipinski definition) is 6. The average molecular weight is 529 g/mol. The number of nitrogens with one attached hydrogen (secondary N) is 1. The molecule has 198 valence electrons. The van der Waals surface area contributed by atoms with Gasteiger partial charge in [0.1, 0.15) is 23.7 Å². The molecule has 0 saturated carbocycles. The minimum atomic E-state index is -4.57. The molecule has 12 heteroatoms. The van der Waals surface area contributed by atoms with E-state index in [1.807, 2.05) is 16.8 Å². The summed E-state index contributed by atoms with van der Waals surface area (Å²) in [6.07, 6.45) is 0.759. The van der Waals surface area contributed by atoms with Gasteiger partial charge < -0.3 is 19.1 Å². The number of halogens is 4. The zero-order chi connectivity index (χ0) is 27.1. The summed E-state index contributed by atoms with van der Waals surface area (Å²) in [5.41, 5.74) is -0.0594. The summed E-state index contributed by atoms with van der Waals surface area (Å²) < 4.78 is 66.8. The molecule has 0 saturated heterocycles. The lowest BCUT2D eigenvalue weighted by Crippen LogP contribution is -2.35. The third-order valence-corrected chi connectivity index (χ3v) is 6.46. The molecule has 4 aromatic rings. The molecule has 0 bridgehead atoms. The summed E-state index contributed by atoms with van der Waals surface area (Å²) in [5.74, 6) is -0.490. The Morgan fingerprint density at radius 1 is 1.08 bits per heavy atom. The van der Waals surface area contributed by atoms with Crippen molar-refractivity contribution in [1.29, 1.82) is 0 Å². The van der Waals surface area contributed by atoms with E-state index >= 15 is 0 Å². The normalized spacial score (nSPS) is 13.3.